The number of rotatable bonds is 12. The van der Waals surface area contributed by atoms with Crippen molar-refractivity contribution in [1.82, 2.24) is 19.9 Å². The van der Waals surface area contributed by atoms with Crippen LogP contribution < -0.4 is 18.3 Å². The monoisotopic (exact) mass is 984 g/mol. The number of benzene rings is 4. The number of aromatic nitrogens is 8. The SMILES string of the molecule is C1=Cc2[nH]c(cc2-c2ccc(C[n+]3ccccc3)cc2)-c2cc(-c3ccc(C[n+]4ccccc4)cc3)c([nH]2)C=Cc2[nH]c(cc2-c2ccc(C[n+]3ccccc3)cc2)-c2cc(-c3ccc(C[n+]4ccccc4)cc3)c1[nH]2. The predicted molar refractivity (Wildman–Crippen MR) is 304 cm³/mol. The van der Waals surface area contributed by atoms with Crippen molar-refractivity contribution in [3.63, 3.8) is 0 Å². The minimum atomic E-state index is 0.799. The van der Waals surface area contributed by atoms with E-state index >= 15 is 0 Å². The summed E-state index contributed by atoms with van der Waals surface area (Å²) in [4.78, 5) is 15.6. The smallest absolute Gasteiger partial charge is 0.173 e. The summed E-state index contributed by atoms with van der Waals surface area (Å²) in [5.74, 6) is 0. The van der Waals surface area contributed by atoms with Crippen molar-refractivity contribution < 1.29 is 18.3 Å². The van der Waals surface area contributed by atoms with E-state index < -0.39 is 0 Å². The fourth-order valence-corrected chi connectivity index (χ4v) is 10.4. The zero-order valence-electron chi connectivity index (χ0n) is 42.0. The molecule has 1 aliphatic heterocycles. The molecule has 0 unspecified atom stereocenters. The van der Waals surface area contributed by atoms with Gasteiger partial charge in [0.25, 0.3) is 0 Å². The molecule has 12 aromatic rings. The van der Waals surface area contributed by atoms with Gasteiger partial charge >= 0.3 is 0 Å². The van der Waals surface area contributed by atoms with Gasteiger partial charge in [-0.05, 0) is 70.8 Å². The number of hydrogen-bond donors (Lipinski definition) is 4. The van der Waals surface area contributed by atoms with Crippen molar-refractivity contribution in [3.8, 4) is 67.3 Å². The van der Waals surface area contributed by atoms with Crippen LogP contribution in [-0.2, 0) is 26.2 Å². The molecular formula is C68H56N8+4. The Bertz CT molecular complexity index is 3450. The maximum Gasteiger partial charge on any atom is 0.173 e. The number of nitrogens with zero attached hydrogens (tertiary/aromatic N) is 4. The van der Waals surface area contributed by atoms with Gasteiger partial charge in [-0.2, -0.15) is 0 Å². The Morgan fingerprint density at radius 3 is 0.632 bits per heavy atom. The molecule has 0 atom stereocenters. The third-order valence-electron chi connectivity index (χ3n) is 14.4. The molecule has 0 saturated carbocycles. The molecule has 364 valence electrons. The maximum atomic E-state index is 3.89. The van der Waals surface area contributed by atoms with Gasteiger partial charge in [-0.3, -0.25) is 0 Å². The second kappa shape index (κ2) is 20.5. The summed E-state index contributed by atoms with van der Waals surface area (Å²) in [6.07, 6.45) is 25.8. The second-order valence-corrected chi connectivity index (χ2v) is 19.7. The first kappa shape index (κ1) is 45.9. The lowest BCUT2D eigenvalue weighted by Crippen LogP contribution is -2.32. The fraction of sp³-hybridized carbons (Fsp3) is 0.0588. The summed E-state index contributed by atoms with van der Waals surface area (Å²) in [5.41, 5.74) is 22.0. The Hall–Kier alpha value is -9.92. The van der Waals surface area contributed by atoms with Crippen LogP contribution in [0.2, 0.25) is 0 Å². The molecule has 1 aliphatic rings. The van der Waals surface area contributed by atoms with E-state index in [0.29, 0.717) is 0 Å². The van der Waals surface area contributed by atoms with E-state index in [9.17, 15) is 0 Å². The minimum Gasteiger partial charge on any atom is -0.353 e. The molecule has 76 heavy (non-hydrogen) atoms. The van der Waals surface area contributed by atoms with Crippen LogP contribution in [-0.4, -0.2) is 19.9 Å². The van der Waals surface area contributed by atoms with Crippen LogP contribution in [0.5, 0.6) is 0 Å². The maximum absolute atomic E-state index is 3.89. The van der Waals surface area contributed by atoms with Gasteiger partial charge in [0.15, 0.2) is 75.8 Å². The van der Waals surface area contributed by atoms with Crippen LogP contribution in [0.3, 0.4) is 0 Å². The van der Waals surface area contributed by atoms with Crippen LogP contribution in [0, 0.1) is 0 Å². The molecule has 8 heteroatoms. The van der Waals surface area contributed by atoms with E-state index in [1.165, 1.54) is 22.3 Å². The molecule has 0 spiro atoms. The van der Waals surface area contributed by atoms with Gasteiger partial charge in [-0.15, -0.1) is 0 Å². The molecule has 4 N–H and O–H groups in total. The lowest BCUT2D eigenvalue weighted by molar-refractivity contribution is -0.688. The summed E-state index contributed by atoms with van der Waals surface area (Å²) in [5, 5.41) is 0. The number of nitrogens with one attached hydrogen (secondary N) is 4. The standard InChI is InChI=1S/C68H56N8/c1-5-33-73(34-6-1)45-49-13-21-53(22-14-49)57-41-65-66-42-58(54-23-15-50(16-24-54)46-74-35-7-2-8-36-74)63(70-66)31-32-64-60(56-27-19-52(20-28-56)48-76-39-11-4-12-40-76)44-68(72-64)67-43-59(62(71-67)30-29-61(57)69-65)55-25-17-51(18-26-55)47-75-37-9-3-10-38-75/h1-44,69-72H,45-48H2/q+4. The first-order valence-corrected chi connectivity index (χ1v) is 26.0. The largest absolute Gasteiger partial charge is 0.353 e. The third-order valence-corrected chi connectivity index (χ3v) is 14.4. The average Bonchev–Trinajstić information content (AvgIpc) is 4.30. The zero-order chi connectivity index (χ0) is 50.6. The van der Waals surface area contributed by atoms with Crippen LogP contribution in [0.4, 0.5) is 0 Å². The van der Waals surface area contributed by atoms with Crippen molar-refractivity contribution in [1.29, 1.82) is 0 Å². The van der Waals surface area contributed by atoms with Gasteiger partial charge in [0.2, 0.25) is 0 Å². The quantitative estimate of drug-likeness (QED) is 0.0881. The Labute approximate surface area is 442 Å². The molecule has 8 nitrogen and oxygen atoms in total. The highest BCUT2D eigenvalue weighted by Gasteiger charge is 2.20. The van der Waals surface area contributed by atoms with Gasteiger partial charge in [-0.1, -0.05) is 121 Å². The Morgan fingerprint density at radius 2 is 0.434 bits per heavy atom. The summed E-state index contributed by atoms with van der Waals surface area (Å²) < 4.78 is 8.82. The van der Waals surface area contributed by atoms with Crippen LogP contribution in [0.25, 0.3) is 91.6 Å². The molecule has 8 bridgehead atoms. The van der Waals surface area contributed by atoms with Crippen LogP contribution in [0.1, 0.15) is 45.0 Å². The number of fused-ring (bicyclic) bond motifs is 10. The van der Waals surface area contributed by atoms with Crippen molar-refractivity contribution in [2.24, 2.45) is 0 Å². The molecule has 0 aliphatic carbocycles. The summed E-state index contributed by atoms with van der Waals surface area (Å²) in [7, 11) is 0. The van der Waals surface area contributed by atoms with E-state index in [1.807, 2.05) is 0 Å². The number of aromatic amines is 4. The van der Waals surface area contributed by atoms with Gasteiger partial charge in [0.05, 0.1) is 22.8 Å². The molecule has 4 aromatic carbocycles. The molecular weight excluding hydrogens is 929 g/mol. The van der Waals surface area contributed by atoms with Crippen molar-refractivity contribution in [2.75, 3.05) is 0 Å². The highest BCUT2D eigenvalue weighted by Crippen LogP contribution is 2.39. The van der Waals surface area contributed by atoms with E-state index in [0.717, 1.165) is 116 Å². The minimum absolute atomic E-state index is 0.799. The molecule has 13 rings (SSSR count). The lowest BCUT2D eigenvalue weighted by atomic mass is 10.0. The highest BCUT2D eigenvalue weighted by molar-refractivity contribution is 5.91. The molecule has 0 amide bonds. The second-order valence-electron chi connectivity index (χ2n) is 19.7. The number of H-pyrrole nitrogens is 4. The van der Waals surface area contributed by atoms with Crippen molar-refractivity contribution >= 4 is 24.3 Å². The Kier molecular flexibility index (Phi) is 12.4. The molecule has 0 radical (unpaired) electrons. The van der Waals surface area contributed by atoms with Gasteiger partial charge in [-0.25, -0.2) is 18.3 Å². The van der Waals surface area contributed by atoms with Crippen molar-refractivity contribution in [3.05, 3.63) is 289 Å². The predicted octanol–water partition coefficient (Wildman–Crippen LogP) is 13.0. The van der Waals surface area contributed by atoms with Gasteiger partial charge < -0.3 is 19.9 Å². The summed E-state index contributed by atoms with van der Waals surface area (Å²) >= 11 is 0. The van der Waals surface area contributed by atoms with Crippen LogP contribution >= 0.6 is 0 Å². The molecule has 8 aromatic heterocycles. The van der Waals surface area contributed by atoms with Crippen molar-refractivity contribution in [2.45, 2.75) is 26.2 Å². The zero-order valence-corrected chi connectivity index (χ0v) is 42.0. The first-order chi connectivity index (χ1) is 37.6. The third kappa shape index (κ3) is 9.95. The average molecular weight is 985 g/mol. The number of hydrogen-bond acceptors (Lipinski definition) is 0. The summed E-state index contributed by atoms with van der Waals surface area (Å²) in [6.45, 7) is 3.20. The molecule has 0 saturated heterocycles. The Balaban J connectivity index is 0.937. The van der Waals surface area contributed by atoms with Gasteiger partial charge in [0.1, 0.15) is 0 Å². The summed E-state index contributed by atoms with van der Waals surface area (Å²) in [6, 6.07) is 69.9. The number of pyridine rings is 4. The molecule has 0 fully saturated rings. The normalized spacial score (nSPS) is 11.8. The van der Waals surface area contributed by atoms with Gasteiger partial charge in [0, 0.05) is 116 Å². The molecule has 9 heterocycles. The Morgan fingerprint density at radius 1 is 0.237 bits per heavy atom. The van der Waals surface area contributed by atoms with E-state index in [-0.39, 0.29) is 0 Å². The highest BCUT2D eigenvalue weighted by atomic mass is 14.9. The lowest BCUT2D eigenvalue weighted by Gasteiger charge is -2.04. The van der Waals surface area contributed by atoms with E-state index in [2.05, 4.69) is 306 Å². The van der Waals surface area contributed by atoms with Crippen LogP contribution in [0.15, 0.2) is 244 Å². The van der Waals surface area contributed by atoms with E-state index in [4.69, 9.17) is 0 Å². The first-order valence-electron chi connectivity index (χ1n) is 26.0. The fourth-order valence-electron chi connectivity index (χ4n) is 10.4. The topological polar surface area (TPSA) is 78.7 Å². The van der Waals surface area contributed by atoms with E-state index in [1.54, 1.807) is 0 Å².